The van der Waals surface area contributed by atoms with E-state index in [1.165, 1.54) is 22.7 Å². The standard InChI is InChI=1S/C18H16ClN3O3S2/c1-2-25-16(24)8-12-10-27-18(21-12)22-15(23)7-11-9-26-17(20-11)13-5-3-4-6-14(13)19/h3-6,9-10H,2,7-8H2,1H3,(H,21,22,23). The summed E-state index contributed by atoms with van der Waals surface area (Å²) in [5, 5.41) is 8.14. The molecule has 0 saturated carbocycles. The number of anilines is 1. The smallest absolute Gasteiger partial charge is 0.311 e. The van der Waals surface area contributed by atoms with E-state index in [-0.39, 0.29) is 24.7 Å². The van der Waals surface area contributed by atoms with E-state index in [2.05, 4.69) is 15.3 Å². The average Bonchev–Trinajstić information content (AvgIpc) is 3.25. The lowest BCUT2D eigenvalue weighted by Gasteiger charge is -2.00. The Morgan fingerprint density at radius 2 is 1.85 bits per heavy atom. The Labute approximate surface area is 169 Å². The van der Waals surface area contributed by atoms with Gasteiger partial charge in [-0.1, -0.05) is 29.8 Å². The first-order chi connectivity index (χ1) is 13.0. The van der Waals surface area contributed by atoms with Crippen LogP contribution in [0.2, 0.25) is 5.02 Å². The minimum atomic E-state index is -0.338. The lowest BCUT2D eigenvalue weighted by molar-refractivity contribution is -0.142. The molecule has 0 saturated heterocycles. The summed E-state index contributed by atoms with van der Waals surface area (Å²) in [6.07, 6.45) is 0.223. The van der Waals surface area contributed by atoms with Crippen LogP contribution < -0.4 is 5.32 Å². The molecule has 1 amide bonds. The number of benzene rings is 1. The molecule has 3 aromatic rings. The van der Waals surface area contributed by atoms with Crippen molar-refractivity contribution in [3.05, 3.63) is 51.4 Å². The van der Waals surface area contributed by atoms with Crippen LogP contribution in [0.25, 0.3) is 10.6 Å². The first-order valence-corrected chi connectivity index (χ1v) is 10.3. The van der Waals surface area contributed by atoms with E-state index in [1.807, 2.05) is 23.6 Å². The Balaban J connectivity index is 1.58. The second-order valence-electron chi connectivity index (χ2n) is 5.47. The van der Waals surface area contributed by atoms with E-state index in [0.717, 1.165) is 10.6 Å². The van der Waals surface area contributed by atoms with Crippen molar-refractivity contribution in [3.63, 3.8) is 0 Å². The number of thiazole rings is 2. The molecule has 27 heavy (non-hydrogen) atoms. The molecular weight excluding hydrogens is 406 g/mol. The SMILES string of the molecule is CCOC(=O)Cc1csc(NC(=O)Cc2csc(-c3ccccc3Cl)n2)n1. The molecule has 0 spiro atoms. The average molecular weight is 422 g/mol. The third kappa shape index (κ3) is 5.35. The summed E-state index contributed by atoms with van der Waals surface area (Å²) in [4.78, 5) is 32.4. The largest absolute Gasteiger partial charge is 0.466 e. The van der Waals surface area contributed by atoms with Gasteiger partial charge in [-0.3, -0.25) is 9.59 Å². The summed E-state index contributed by atoms with van der Waals surface area (Å²) >= 11 is 8.89. The van der Waals surface area contributed by atoms with E-state index in [1.54, 1.807) is 18.4 Å². The van der Waals surface area contributed by atoms with Crippen LogP contribution in [0, 0.1) is 0 Å². The van der Waals surface area contributed by atoms with Gasteiger partial charge in [0.05, 0.1) is 35.9 Å². The highest BCUT2D eigenvalue weighted by molar-refractivity contribution is 7.14. The van der Waals surface area contributed by atoms with Crippen LogP contribution in [0.4, 0.5) is 5.13 Å². The number of nitrogens with one attached hydrogen (secondary N) is 1. The van der Waals surface area contributed by atoms with E-state index < -0.39 is 0 Å². The highest BCUT2D eigenvalue weighted by Gasteiger charge is 2.13. The lowest BCUT2D eigenvalue weighted by Crippen LogP contribution is -2.14. The molecule has 2 aromatic heterocycles. The Morgan fingerprint density at radius 3 is 2.63 bits per heavy atom. The molecule has 3 rings (SSSR count). The molecule has 2 heterocycles. The maximum Gasteiger partial charge on any atom is 0.311 e. The molecule has 0 radical (unpaired) electrons. The van der Waals surface area contributed by atoms with Gasteiger partial charge in [-0.15, -0.1) is 22.7 Å². The number of nitrogens with zero attached hydrogens (tertiary/aromatic N) is 2. The summed E-state index contributed by atoms with van der Waals surface area (Å²) in [6, 6.07) is 7.45. The minimum Gasteiger partial charge on any atom is -0.466 e. The molecule has 0 bridgehead atoms. The fourth-order valence-corrected chi connectivity index (χ4v) is 4.15. The van der Waals surface area contributed by atoms with Crippen molar-refractivity contribution in [2.45, 2.75) is 19.8 Å². The topological polar surface area (TPSA) is 81.2 Å². The van der Waals surface area contributed by atoms with Gasteiger partial charge in [-0.2, -0.15) is 0 Å². The van der Waals surface area contributed by atoms with Gasteiger partial charge in [-0.05, 0) is 13.0 Å². The molecule has 0 aliphatic carbocycles. The van der Waals surface area contributed by atoms with Gasteiger partial charge in [0.1, 0.15) is 5.01 Å². The van der Waals surface area contributed by atoms with Gasteiger partial charge in [0.15, 0.2) is 5.13 Å². The number of carbonyl (C=O) groups excluding carboxylic acids is 2. The third-order valence-electron chi connectivity index (χ3n) is 3.43. The number of rotatable bonds is 7. The van der Waals surface area contributed by atoms with Crippen molar-refractivity contribution < 1.29 is 14.3 Å². The fraction of sp³-hybridized carbons (Fsp3) is 0.222. The molecule has 9 heteroatoms. The number of halogens is 1. The zero-order valence-corrected chi connectivity index (χ0v) is 16.8. The van der Waals surface area contributed by atoms with Crippen LogP contribution in [-0.2, 0) is 27.2 Å². The Morgan fingerprint density at radius 1 is 1.11 bits per heavy atom. The van der Waals surface area contributed by atoms with Crippen LogP contribution in [-0.4, -0.2) is 28.5 Å². The van der Waals surface area contributed by atoms with Crippen molar-refractivity contribution in [2.75, 3.05) is 11.9 Å². The normalized spacial score (nSPS) is 10.6. The van der Waals surface area contributed by atoms with Gasteiger partial charge >= 0.3 is 5.97 Å². The quantitative estimate of drug-likeness (QED) is 0.578. The molecule has 6 nitrogen and oxygen atoms in total. The van der Waals surface area contributed by atoms with Gasteiger partial charge < -0.3 is 10.1 Å². The molecule has 0 fully saturated rings. The molecule has 1 aromatic carbocycles. The van der Waals surface area contributed by atoms with E-state index >= 15 is 0 Å². The van der Waals surface area contributed by atoms with E-state index in [9.17, 15) is 9.59 Å². The number of aromatic nitrogens is 2. The first-order valence-electron chi connectivity index (χ1n) is 8.14. The van der Waals surface area contributed by atoms with Gasteiger partial charge in [0.2, 0.25) is 5.91 Å². The second kappa shape index (κ2) is 9.07. The summed E-state index contributed by atoms with van der Waals surface area (Å²) in [5.74, 6) is -0.557. The van der Waals surface area contributed by atoms with Gasteiger partial charge in [0.25, 0.3) is 0 Å². The first kappa shape index (κ1) is 19.5. The maximum atomic E-state index is 12.2. The van der Waals surface area contributed by atoms with E-state index in [4.69, 9.17) is 16.3 Å². The molecule has 0 aliphatic heterocycles. The number of hydrogen-bond donors (Lipinski definition) is 1. The molecule has 140 valence electrons. The predicted molar refractivity (Wildman–Crippen MR) is 107 cm³/mol. The fourth-order valence-electron chi connectivity index (χ4n) is 2.28. The minimum absolute atomic E-state index is 0.0908. The van der Waals surface area contributed by atoms with Crippen molar-refractivity contribution >= 4 is 51.3 Å². The Bertz CT molecular complexity index is 955. The second-order valence-corrected chi connectivity index (χ2v) is 7.60. The van der Waals surface area contributed by atoms with Crippen LogP contribution in [0.5, 0.6) is 0 Å². The van der Waals surface area contributed by atoms with Crippen LogP contribution in [0.3, 0.4) is 0 Å². The lowest BCUT2D eigenvalue weighted by atomic mass is 10.2. The highest BCUT2D eigenvalue weighted by Crippen LogP contribution is 2.30. The molecule has 0 atom stereocenters. The van der Waals surface area contributed by atoms with Gasteiger partial charge in [-0.25, -0.2) is 9.97 Å². The van der Waals surface area contributed by atoms with Crippen molar-refractivity contribution in [2.24, 2.45) is 0 Å². The Kier molecular flexibility index (Phi) is 6.54. The van der Waals surface area contributed by atoms with Crippen LogP contribution in [0.15, 0.2) is 35.0 Å². The van der Waals surface area contributed by atoms with Crippen molar-refractivity contribution in [1.29, 1.82) is 0 Å². The highest BCUT2D eigenvalue weighted by atomic mass is 35.5. The molecule has 1 N–H and O–H groups in total. The molecule has 0 aliphatic rings. The zero-order chi connectivity index (χ0) is 19.2. The van der Waals surface area contributed by atoms with Crippen LogP contribution in [0.1, 0.15) is 18.3 Å². The summed E-state index contributed by atoms with van der Waals surface area (Å²) in [7, 11) is 0. The summed E-state index contributed by atoms with van der Waals surface area (Å²) in [5.41, 5.74) is 2.08. The molecular formula is C18H16ClN3O3S2. The number of esters is 1. The number of carbonyl (C=O) groups is 2. The third-order valence-corrected chi connectivity index (χ3v) is 5.49. The van der Waals surface area contributed by atoms with Crippen molar-refractivity contribution in [1.82, 2.24) is 9.97 Å². The molecule has 0 unspecified atom stereocenters. The van der Waals surface area contributed by atoms with Gasteiger partial charge in [0, 0.05) is 16.3 Å². The zero-order valence-electron chi connectivity index (χ0n) is 14.4. The summed E-state index contributed by atoms with van der Waals surface area (Å²) in [6.45, 7) is 2.08. The predicted octanol–water partition coefficient (Wildman–Crippen LogP) is 4.21. The number of amides is 1. The number of ether oxygens (including phenoxy) is 1. The Hall–Kier alpha value is -2.29. The monoisotopic (exact) mass is 421 g/mol. The van der Waals surface area contributed by atoms with Crippen molar-refractivity contribution in [3.8, 4) is 10.6 Å². The van der Waals surface area contributed by atoms with Crippen LogP contribution >= 0.6 is 34.3 Å². The number of hydrogen-bond acceptors (Lipinski definition) is 7. The van der Waals surface area contributed by atoms with E-state index in [0.29, 0.717) is 28.1 Å². The summed E-state index contributed by atoms with van der Waals surface area (Å²) < 4.78 is 4.88. The maximum absolute atomic E-state index is 12.2.